The lowest BCUT2D eigenvalue weighted by Gasteiger charge is -2.21. The quantitative estimate of drug-likeness (QED) is 0.0494. The van der Waals surface area contributed by atoms with Crippen molar-refractivity contribution in [1.82, 2.24) is 31.2 Å². The van der Waals surface area contributed by atoms with Gasteiger partial charge in [0.15, 0.2) is 0 Å². The summed E-state index contributed by atoms with van der Waals surface area (Å²) in [7, 11) is 0. The van der Waals surface area contributed by atoms with Crippen molar-refractivity contribution in [1.29, 1.82) is 0 Å². The highest BCUT2D eigenvalue weighted by atomic mass is 16.6. The van der Waals surface area contributed by atoms with Crippen molar-refractivity contribution in [3.63, 3.8) is 0 Å². The minimum absolute atomic E-state index is 0.0625. The Balaban J connectivity index is 1.04. The summed E-state index contributed by atoms with van der Waals surface area (Å²) in [5.41, 5.74) is 3.52. The highest BCUT2D eigenvalue weighted by Crippen LogP contribution is 2.32. The maximum atomic E-state index is 13.2. The molecule has 0 radical (unpaired) electrons. The van der Waals surface area contributed by atoms with E-state index in [0.717, 1.165) is 24.0 Å². The molecule has 302 valence electrons. The van der Waals surface area contributed by atoms with Crippen LogP contribution in [0.1, 0.15) is 73.9 Å². The van der Waals surface area contributed by atoms with Crippen LogP contribution in [0.4, 0.5) is 9.59 Å². The summed E-state index contributed by atoms with van der Waals surface area (Å²) in [5.74, 6) is -0.125. The summed E-state index contributed by atoms with van der Waals surface area (Å²) in [6.07, 6.45) is 7.94. The number of epoxide rings is 1. The van der Waals surface area contributed by atoms with Gasteiger partial charge in [0.25, 0.3) is 0 Å². The van der Waals surface area contributed by atoms with Gasteiger partial charge in [-0.15, -0.1) is 0 Å². The molecule has 2 aromatic heterocycles. The van der Waals surface area contributed by atoms with Crippen LogP contribution in [0.2, 0.25) is 0 Å². The fourth-order valence-corrected chi connectivity index (χ4v) is 6.48. The second-order valence-corrected chi connectivity index (χ2v) is 14.1. The van der Waals surface area contributed by atoms with Gasteiger partial charge in [-0.2, -0.15) is 0 Å². The van der Waals surface area contributed by atoms with Crippen LogP contribution in [0, 0.1) is 0 Å². The number of alkyl carbamates (subject to hydrolysis) is 2. The van der Waals surface area contributed by atoms with Crippen LogP contribution >= 0.6 is 0 Å². The maximum Gasteiger partial charge on any atom is 0.407 e. The number of hydrogen-bond acceptors (Lipinski definition) is 9. The molecule has 4 amide bonds. The van der Waals surface area contributed by atoms with E-state index in [9.17, 15) is 19.2 Å². The molecule has 57 heavy (non-hydrogen) atoms. The number of ether oxygens (including phenoxy) is 3. The number of amides is 4. The van der Waals surface area contributed by atoms with Crippen LogP contribution < -0.4 is 21.3 Å². The molecule has 1 aliphatic rings. The minimum atomic E-state index is -0.496. The third kappa shape index (κ3) is 16.4. The first-order chi connectivity index (χ1) is 27.9. The number of carbonyl (C=O) groups is 4. The fraction of sp³-hybridized carbons (Fsp3) is 0.409. The number of benzene rings is 2. The molecule has 3 heterocycles. The van der Waals surface area contributed by atoms with Crippen LogP contribution in [0.5, 0.6) is 0 Å². The van der Waals surface area contributed by atoms with Gasteiger partial charge in [-0.3, -0.25) is 19.6 Å². The number of pyridine rings is 2. The van der Waals surface area contributed by atoms with Crippen molar-refractivity contribution in [2.75, 3.05) is 13.1 Å². The molecule has 1 saturated heterocycles. The first kappa shape index (κ1) is 42.3. The van der Waals surface area contributed by atoms with Gasteiger partial charge < -0.3 is 35.5 Å². The molecule has 13 nitrogen and oxygen atoms in total. The van der Waals surface area contributed by atoms with E-state index in [4.69, 9.17) is 14.2 Å². The Morgan fingerprint density at radius 1 is 0.544 bits per heavy atom. The molecule has 0 unspecified atom stereocenters. The number of hydrogen-bond donors (Lipinski definition) is 4. The third-order valence-corrected chi connectivity index (χ3v) is 9.50. The summed E-state index contributed by atoms with van der Waals surface area (Å²) < 4.78 is 16.7. The zero-order chi connectivity index (χ0) is 39.9. The Labute approximate surface area is 334 Å². The number of nitrogens with one attached hydrogen (secondary N) is 4. The molecule has 4 N–H and O–H groups in total. The standard InChI is InChI=1S/C44H54N6O7/c51-39(23-9-3-13-27-47-43(53)55-31-35-21-11-15-25-45-35)49-37(29-33-17-5-1-6-18-33)41-42(57-41)38(30-34-19-7-2-8-20-34)50-40(52)24-10-4-14-28-48-44(54)56-32-36-22-12-16-26-46-36/h1-2,5-8,11-12,15-22,25-26,37-38,41-42H,3-4,9-10,13-14,23-24,27-32H2,(H,47,53)(H,48,54)(H,49,51)(H,50,52)/t37-,38-,41-,42+/m0/s1. The van der Waals surface area contributed by atoms with Crippen molar-refractivity contribution in [3.8, 4) is 0 Å². The van der Waals surface area contributed by atoms with E-state index < -0.39 is 12.2 Å². The van der Waals surface area contributed by atoms with Crippen LogP contribution in [0.15, 0.2) is 109 Å². The molecule has 0 bridgehead atoms. The Morgan fingerprint density at radius 2 is 0.965 bits per heavy atom. The molecule has 13 heteroatoms. The summed E-state index contributed by atoms with van der Waals surface area (Å²) in [4.78, 5) is 58.8. The van der Waals surface area contributed by atoms with E-state index in [-0.39, 0.29) is 49.3 Å². The van der Waals surface area contributed by atoms with Gasteiger partial charge in [-0.1, -0.05) is 85.6 Å². The van der Waals surface area contributed by atoms with Crippen LogP contribution in [-0.2, 0) is 49.9 Å². The lowest BCUT2D eigenvalue weighted by atomic mass is 9.95. The van der Waals surface area contributed by atoms with Gasteiger partial charge in [-0.05, 0) is 73.9 Å². The average Bonchev–Trinajstić information content (AvgIpc) is 4.04. The molecular weight excluding hydrogens is 725 g/mol. The highest BCUT2D eigenvalue weighted by molar-refractivity contribution is 5.77. The Hall–Kier alpha value is -5.82. The first-order valence-electron chi connectivity index (χ1n) is 19.9. The van der Waals surface area contributed by atoms with E-state index in [0.29, 0.717) is 75.8 Å². The number of aromatic nitrogens is 2. The van der Waals surface area contributed by atoms with Crippen molar-refractivity contribution in [2.24, 2.45) is 0 Å². The molecular formula is C44H54N6O7. The minimum Gasteiger partial charge on any atom is -0.443 e. The highest BCUT2D eigenvalue weighted by Gasteiger charge is 2.50. The van der Waals surface area contributed by atoms with Crippen LogP contribution in [-0.4, -0.2) is 71.3 Å². The van der Waals surface area contributed by atoms with Crippen LogP contribution in [0.3, 0.4) is 0 Å². The molecule has 5 rings (SSSR count). The van der Waals surface area contributed by atoms with Gasteiger partial charge in [0.05, 0.1) is 23.5 Å². The lowest BCUT2D eigenvalue weighted by Crippen LogP contribution is -2.46. The van der Waals surface area contributed by atoms with Crippen molar-refractivity contribution < 1.29 is 33.4 Å². The number of nitrogens with zero attached hydrogens (tertiary/aromatic N) is 2. The molecule has 4 aromatic rings. The third-order valence-electron chi connectivity index (χ3n) is 9.50. The van der Waals surface area contributed by atoms with Crippen LogP contribution in [0.25, 0.3) is 0 Å². The van der Waals surface area contributed by atoms with Gasteiger partial charge in [0, 0.05) is 38.3 Å². The van der Waals surface area contributed by atoms with Gasteiger partial charge in [0.2, 0.25) is 11.8 Å². The van der Waals surface area contributed by atoms with E-state index in [2.05, 4.69) is 31.2 Å². The Kier molecular flexibility index (Phi) is 17.8. The lowest BCUT2D eigenvalue weighted by molar-refractivity contribution is -0.123. The smallest absolute Gasteiger partial charge is 0.407 e. The molecule has 4 atom stereocenters. The maximum absolute atomic E-state index is 13.2. The molecule has 1 aliphatic heterocycles. The van der Waals surface area contributed by atoms with Gasteiger partial charge >= 0.3 is 12.2 Å². The van der Waals surface area contributed by atoms with Gasteiger partial charge in [0.1, 0.15) is 25.4 Å². The second kappa shape index (κ2) is 24.0. The predicted molar refractivity (Wildman–Crippen MR) is 215 cm³/mol. The number of carbonyl (C=O) groups excluding carboxylic acids is 4. The zero-order valence-electron chi connectivity index (χ0n) is 32.4. The summed E-state index contributed by atoms with van der Waals surface area (Å²) in [5, 5.41) is 12.0. The monoisotopic (exact) mass is 778 g/mol. The largest absolute Gasteiger partial charge is 0.443 e. The molecule has 1 fully saturated rings. The van der Waals surface area contributed by atoms with Gasteiger partial charge in [-0.25, -0.2) is 9.59 Å². The van der Waals surface area contributed by atoms with Crippen molar-refractivity contribution in [2.45, 2.75) is 102 Å². The van der Waals surface area contributed by atoms with Crippen molar-refractivity contribution >= 4 is 24.0 Å². The molecule has 0 spiro atoms. The summed E-state index contributed by atoms with van der Waals surface area (Å²) in [6.45, 7) is 1.12. The Morgan fingerprint density at radius 3 is 1.37 bits per heavy atom. The fourth-order valence-electron chi connectivity index (χ4n) is 6.48. The van der Waals surface area contributed by atoms with E-state index >= 15 is 0 Å². The van der Waals surface area contributed by atoms with E-state index in [1.165, 1.54) is 0 Å². The topological polar surface area (TPSA) is 173 Å². The predicted octanol–water partition coefficient (Wildman–Crippen LogP) is 5.97. The van der Waals surface area contributed by atoms with E-state index in [1.807, 2.05) is 72.8 Å². The number of unbranched alkanes of at least 4 members (excludes halogenated alkanes) is 4. The first-order valence-corrected chi connectivity index (χ1v) is 19.9. The molecule has 2 aromatic carbocycles. The Bertz CT molecular complexity index is 1660. The van der Waals surface area contributed by atoms with Crippen molar-refractivity contribution in [3.05, 3.63) is 132 Å². The molecule has 0 saturated carbocycles. The molecule has 0 aliphatic carbocycles. The SMILES string of the molecule is O=C(CCCCCNC(=O)OCc1ccccn1)N[C@@H](Cc1ccccc1)[C@@H]1O[C@@H]1[C@H](Cc1ccccc1)NC(=O)CCCCCNC(=O)OCc1ccccn1. The average molecular weight is 779 g/mol. The summed E-state index contributed by atoms with van der Waals surface area (Å²) in [6, 6.07) is 30.3. The normalized spacial score (nSPS) is 15.4. The van der Waals surface area contributed by atoms with E-state index in [1.54, 1.807) is 36.7 Å². The zero-order valence-corrected chi connectivity index (χ0v) is 32.4. The number of rotatable bonds is 24. The second-order valence-electron chi connectivity index (χ2n) is 14.1. The summed E-state index contributed by atoms with van der Waals surface area (Å²) >= 11 is 0.